The number of nitrogens with zero attached hydrogens (tertiary/aromatic N) is 1. The Labute approximate surface area is 135 Å². The van der Waals surface area contributed by atoms with Gasteiger partial charge in [-0.15, -0.1) is 12.4 Å². The van der Waals surface area contributed by atoms with Crippen LogP contribution in [0, 0.1) is 11.3 Å². The van der Waals surface area contributed by atoms with Gasteiger partial charge in [-0.2, -0.15) is 0 Å². The number of hydrogen-bond acceptors (Lipinski definition) is 3. The molecule has 2 N–H and O–H groups in total. The van der Waals surface area contributed by atoms with E-state index in [-0.39, 0.29) is 23.7 Å². The van der Waals surface area contributed by atoms with Gasteiger partial charge in [-0.25, -0.2) is 0 Å². The van der Waals surface area contributed by atoms with Gasteiger partial charge in [0.15, 0.2) is 0 Å². The van der Waals surface area contributed by atoms with Crippen LogP contribution in [0.15, 0.2) is 0 Å². The first-order chi connectivity index (χ1) is 9.68. The number of rotatable bonds is 5. The monoisotopic (exact) mass is 318 g/mol. The van der Waals surface area contributed by atoms with E-state index in [0.29, 0.717) is 19.8 Å². The SMILES string of the molecule is CN(CCC1CCCCC1)C(=O)C1(CN)CCOCC1.Cl. The number of nitrogens with two attached hydrogens (primary N) is 1. The molecule has 0 atom stereocenters. The smallest absolute Gasteiger partial charge is 0.229 e. The molecule has 21 heavy (non-hydrogen) atoms. The van der Waals surface area contributed by atoms with E-state index in [4.69, 9.17) is 10.5 Å². The zero-order valence-corrected chi connectivity index (χ0v) is 14.1. The van der Waals surface area contributed by atoms with Crippen molar-refractivity contribution in [2.24, 2.45) is 17.1 Å². The van der Waals surface area contributed by atoms with Crippen LogP contribution in [-0.4, -0.2) is 44.2 Å². The molecule has 0 unspecified atom stereocenters. The van der Waals surface area contributed by atoms with Crippen LogP contribution >= 0.6 is 12.4 Å². The molecule has 0 aromatic heterocycles. The second-order valence-corrected chi connectivity index (χ2v) is 6.62. The highest BCUT2D eigenvalue weighted by molar-refractivity contribution is 5.85. The first kappa shape index (κ1) is 18.7. The van der Waals surface area contributed by atoms with Gasteiger partial charge in [-0.3, -0.25) is 4.79 Å². The number of amides is 1. The fraction of sp³-hybridized carbons (Fsp3) is 0.938. The molecular weight excluding hydrogens is 288 g/mol. The van der Waals surface area contributed by atoms with Crippen molar-refractivity contribution in [3.05, 3.63) is 0 Å². The molecule has 1 saturated carbocycles. The average molecular weight is 319 g/mol. The van der Waals surface area contributed by atoms with Gasteiger partial charge < -0.3 is 15.4 Å². The van der Waals surface area contributed by atoms with Gasteiger partial charge in [0.25, 0.3) is 0 Å². The predicted molar refractivity (Wildman–Crippen MR) is 87.6 cm³/mol. The number of halogens is 1. The van der Waals surface area contributed by atoms with Crippen molar-refractivity contribution in [2.45, 2.75) is 51.4 Å². The van der Waals surface area contributed by atoms with Crippen molar-refractivity contribution in [3.63, 3.8) is 0 Å². The predicted octanol–water partition coefficient (Wildman–Crippen LogP) is 2.59. The molecule has 2 fully saturated rings. The molecule has 124 valence electrons. The number of carbonyl (C=O) groups is 1. The van der Waals surface area contributed by atoms with E-state index in [1.165, 1.54) is 32.1 Å². The van der Waals surface area contributed by atoms with Crippen molar-refractivity contribution in [2.75, 3.05) is 33.4 Å². The van der Waals surface area contributed by atoms with Crippen LogP contribution in [0.5, 0.6) is 0 Å². The lowest BCUT2D eigenvalue weighted by Gasteiger charge is -2.38. The highest BCUT2D eigenvalue weighted by atomic mass is 35.5. The number of ether oxygens (including phenoxy) is 1. The molecule has 1 heterocycles. The summed E-state index contributed by atoms with van der Waals surface area (Å²) in [5.74, 6) is 1.06. The third-order valence-electron chi connectivity index (χ3n) is 5.24. The highest BCUT2D eigenvalue weighted by Crippen LogP contribution is 2.32. The van der Waals surface area contributed by atoms with E-state index < -0.39 is 0 Å². The fourth-order valence-corrected chi connectivity index (χ4v) is 3.63. The molecule has 0 aromatic rings. The summed E-state index contributed by atoms with van der Waals surface area (Å²) < 4.78 is 5.39. The van der Waals surface area contributed by atoms with Crippen LogP contribution in [0.2, 0.25) is 0 Å². The van der Waals surface area contributed by atoms with Gasteiger partial charge in [0.1, 0.15) is 0 Å². The van der Waals surface area contributed by atoms with Gasteiger partial charge in [-0.1, -0.05) is 32.1 Å². The lowest BCUT2D eigenvalue weighted by atomic mass is 9.78. The first-order valence-corrected chi connectivity index (χ1v) is 8.21. The van der Waals surface area contributed by atoms with Gasteiger partial charge >= 0.3 is 0 Å². The van der Waals surface area contributed by atoms with Crippen LogP contribution in [0.4, 0.5) is 0 Å². The third kappa shape index (κ3) is 4.83. The Bertz CT molecular complexity index is 313. The van der Waals surface area contributed by atoms with Gasteiger partial charge in [0, 0.05) is 33.4 Å². The molecule has 4 nitrogen and oxygen atoms in total. The number of hydrogen-bond donors (Lipinski definition) is 1. The molecule has 0 radical (unpaired) electrons. The van der Waals surface area contributed by atoms with Crippen molar-refractivity contribution < 1.29 is 9.53 Å². The number of carbonyl (C=O) groups excluding carboxylic acids is 1. The maximum atomic E-state index is 12.7. The molecule has 2 aliphatic rings. The summed E-state index contributed by atoms with van der Waals surface area (Å²) in [5, 5.41) is 0. The van der Waals surface area contributed by atoms with Gasteiger partial charge in [-0.05, 0) is 25.2 Å². The summed E-state index contributed by atoms with van der Waals surface area (Å²) in [4.78, 5) is 14.6. The minimum atomic E-state index is -0.362. The summed E-state index contributed by atoms with van der Waals surface area (Å²) in [5.41, 5.74) is 5.55. The molecular formula is C16H31ClN2O2. The quantitative estimate of drug-likeness (QED) is 0.847. The second kappa shape index (κ2) is 8.96. The molecule has 0 bridgehead atoms. The van der Waals surface area contributed by atoms with E-state index in [1.807, 2.05) is 11.9 Å². The molecule has 0 spiro atoms. The summed E-state index contributed by atoms with van der Waals surface area (Å²) in [6.07, 6.45) is 9.52. The van der Waals surface area contributed by atoms with E-state index in [9.17, 15) is 4.79 Å². The van der Waals surface area contributed by atoms with Gasteiger partial charge in [0.2, 0.25) is 5.91 Å². The Morgan fingerprint density at radius 2 is 1.86 bits per heavy atom. The van der Waals surface area contributed by atoms with Gasteiger partial charge in [0.05, 0.1) is 5.41 Å². The van der Waals surface area contributed by atoms with Crippen LogP contribution in [0.25, 0.3) is 0 Å². The molecule has 1 aliphatic heterocycles. The molecule has 0 aromatic carbocycles. The topological polar surface area (TPSA) is 55.6 Å². The maximum Gasteiger partial charge on any atom is 0.229 e. The van der Waals surface area contributed by atoms with Crippen LogP contribution in [0.1, 0.15) is 51.4 Å². The zero-order valence-electron chi connectivity index (χ0n) is 13.3. The Kier molecular flexibility index (Phi) is 7.99. The Morgan fingerprint density at radius 3 is 2.43 bits per heavy atom. The fourth-order valence-electron chi connectivity index (χ4n) is 3.63. The van der Waals surface area contributed by atoms with Crippen molar-refractivity contribution >= 4 is 18.3 Å². The Balaban J connectivity index is 0.00000220. The molecule has 1 amide bonds. The lowest BCUT2D eigenvalue weighted by Crippen LogP contribution is -2.50. The van der Waals surface area contributed by atoms with E-state index in [1.54, 1.807) is 0 Å². The van der Waals surface area contributed by atoms with Crippen LogP contribution in [-0.2, 0) is 9.53 Å². The van der Waals surface area contributed by atoms with E-state index in [0.717, 1.165) is 31.7 Å². The second-order valence-electron chi connectivity index (χ2n) is 6.62. The first-order valence-electron chi connectivity index (χ1n) is 8.21. The molecule has 1 saturated heterocycles. The minimum absolute atomic E-state index is 0. The summed E-state index contributed by atoms with van der Waals surface area (Å²) in [6, 6.07) is 0. The van der Waals surface area contributed by atoms with E-state index in [2.05, 4.69) is 0 Å². The summed E-state index contributed by atoms with van der Waals surface area (Å²) in [7, 11) is 1.94. The van der Waals surface area contributed by atoms with Crippen molar-refractivity contribution in [1.82, 2.24) is 4.90 Å². The summed E-state index contributed by atoms with van der Waals surface area (Å²) >= 11 is 0. The lowest BCUT2D eigenvalue weighted by molar-refractivity contribution is -0.146. The van der Waals surface area contributed by atoms with Crippen LogP contribution < -0.4 is 5.73 Å². The highest BCUT2D eigenvalue weighted by Gasteiger charge is 2.40. The standard InChI is InChI=1S/C16H30N2O2.ClH/c1-18(10-7-14-5-3-2-4-6-14)15(19)16(13-17)8-11-20-12-9-16;/h14H,2-13,17H2,1H3;1H. The Morgan fingerprint density at radius 1 is 1.24 bits per heavy atom. The maximum absolute atomic E-state index is 12.7. The van der Waals surface area contributed by atoms with E-state index >= 15 is 0 Å². The average Bonchev–Trinajstić information content (AvgIpc) is 2.53. The normalized spacial score (nSPS) is 22.4. The van der Waals surface area contributed by atoms with Crippen molar-refractivity contribution in [3.8, 4) is 0 Å². The molecule has 2 rings (SSSR count). The van der Waals surface area contributed by atoms with Crippen molar-refractivity contribution in [1.29, 1.82) is 0 Å². The minimum Gasteiger partial charge on any atom is -0.381 e. The largest absolute Gasteiger partial charge is 0.381 e. The molecule has 1 aliphatic carbocycles. The molecule has 5 heteroatoms. The zero-order chi connectivity index (χ0) is 14.4. The summed E-state index contributed by atoms with van der Waals surface area (Å²) in [6.45, 7) is 2.66. The third-order valence-corrected chi connectivity index (χ3v) is 5.24. The van der Waals surface area contributed by atoms with Crippen LogP contribution in [0.3, 0.4) is 0 Å². The Hall–Kier alpha value is -0.320.